The number of ether oxygens (including phenoxy) is 1. The molecule has 2 rings (SSSR count). The molecule has 7 nitrogen and oxygen atoms in total. The Bertz CT molecular complexity index is 951. The van der Waals surface area contributed by atoms with Crippen LogP contribution in [-0.4, -0.2) is 38.9 Å². The van der Waals surface area contributed by atoms with Crippen LogP contribution in [0, 0.1) is 10.8 Å². The minimum atomic E-state index is -0.785. The summed E-state index contributed by atoms with van der Waals surface area (Å²) in [6.45, 7) is 0. The zero-order valence-corrected chi connectivity index (χ0v) is 17.3. The van der Waals surface area contributed by atoms with E-state index >= 15 is 0 Å². The van der Waals surface area contributed by atoms with Crippen LogP contribution in [0.5, 0.6) is 5.75 Å². The summed E-state index contributed by atoms with van der Waals surface area (Å²) in [7, 11) is 4.96. The Morgan fingerprint density at radius 2 is 1.73 bits per heavy atom. The Morgan fingerprint density at radius 3 is 2.33 bits per heavy atom. The van der Waals surface area contributed by atoms with E-state index in [9.17, 15) is 4.79 Å². The van der Waals surface area contributed by atoms with Crippen molar-refractivity contribution in [3.8, 4) is 5.75 Å². The lowest BCUT2D eigenvalue weighted by Crippen LogP contribution is -2.30. The second-order valence-corrected chi connectivity index (χ2v) is 6.34. The number of Topliss-reactive ketones (excluding diaryl/α,β-unsaturated/α-hetero) is 1. The van der Waals surface area contributed by atoms with Gasteiger partial charge < -0.3 is 26.1 Å². The van der Waals surface area contributed by atoms with Gasteiger partial charge in [-0.05, 0) is 17.7 Å². The van der Waals surface area contributed by atoms with Gasteiger partial charge in [-0.1, -0.05) is 36.4 Å². The maximum atomic E-state index is 13.4. The maximum absolute atomic E-state index is 13.4. The molecule has 2 aromatic carbocycles. The summed E-state index contributed by atoms with van der Waals surface area (Å²) in [6, 6.07) is 15.7. The Morgan fingerprint density at radius 1 is 1.03 bits per heavy atom. The minimum absolute atomic E-state index is 0.210. The average Bonchev–Trinajstić information content (AvgIpc) is 2.79. The zero-order chi connectivity index (χ0) is 21.9. The Balaban J connectivity index is 2.45. The van der Waals surface area contributed by atoms with E-state index in [1.165, 1.54) is 0 Å². The maximum Gasteiger partial charge on any atom is 0.207 e. The largest absolute Gasteiger partial charge is 0.497 e. The molecule has 0 aliphatic rings. The number of ketones is 1. The van der Waals surface area contributed by atoms with Gasteiger partial charge in [-0.15, -0.1) is 0 Å². The smallest absolute Gasteiger partial charge is 0.207 e. The fourth-order valence-corrected chi connectivity index (χ4v) is 2.90. The molecule has 0 bridgehead atoms. The minimum Gasteiger partial charge on any atom is -0.497 e. The lowest BCUT2D eigenvalue weighted by Gasteiger charge is -2.21. The number of carbonyl (C=O) groups is 1. The first-order valence-corrected chi connectivity index (χ1v) is 9.40. The van der Waals surface area contributed by atoms with Gasteiger partial charge in [0.1, 0.15) is 17.5 Å². The van der Waals surface area contributed by atoms with Crippen LogP contribution < -0.4 is 20.7 Å². The van der Waals surface area contributed by atoms with E-state index in [2.05, 4.69) is 16.0 Å². The summed E-state index contributed by atoms with van der Waals surface area (Å²) < 4.78 is 5.27. The number of rotatable bonds is 11. The first kappa shape index (κ1) is 22.4. The number of benzene rings is 2. The fourth-order valence-electron chi connectivity index (χ4n) is 2.90. The third-order valence-corrected chi connectivity index (χ3v) is 4.35. The normalized spacial score (nSPS) is 12.5. The molecule has 30 heavy (non-hydrogen) atoms. The van der Waals surface area contributed by atoms with Crippen molar-refractivity contribution in [1.82, 2.24) is 10.6 Å². The highest BCUT2D eigenvalue weighted by atomic mass is 16.5. The van der Waals surface area contributed by atoms with E-state index in [1.54, 1.807) is 39.7 Å². The van der Waals surface area contributed by atoms with Gasteiger partial charge in [-0.3, -0.25) is 10.2 Å². The molecule has 0 saturated heterocycles. The quantitative estimate of drug-likeness (QED) is 0.291. The van der Waals surface area contributed by atoms with Crippen molar-refractivity contribution >= 4 is 23.4 Å². The van der Waals surface area contributed by atoms with Crippen molar-refractivity contribution in [2.75, 3.05) is 26.5 Å². The molecule has 0 amide bonds. The predicted molar refractivity (Wildman–Crippen MR) is 122 cm³/mol. The van der Waals surface area contributed by atoms with Crippen LogP contribution in [-0.2, 0) is 4.79 Å². The SMILES string of the molecule is CN/C=C(C=N)/C(=C/NC)C(=N)C(=O)C(Nc1cccc(OC)c1)c1ccccc1. The monoisotopic (exact) mass is 405 g/mol. The molecule has 0 saturated carbocycles. The van der Waals surface area contributed by atoms with Crippen molar-refractivity contribution in [1.29, 1.82) is 10.8 Å². The second kappa shape index (κ2) is 11.2. The van der Waals surface area contributed by atoms with E-state index < -0.39 is 11.8 Å². The third-order valence-electron chi connectivity index (χ3n) is 4.35. The van der Waals surface area contributed by atoms with Gasteiger partial charge in [0.2, 0.25) is 5.78 Å². The van der Waals surface area contributed by atoms with Crippen molar-refractivity contribution in [2.45, 2.75) is 6.04 Å². The third kappa shape index (κ3) is 5.57. The Hall–Kier alpha value is -3.87. The molecule has 1 atom stereocenters. The molecule has 0 heterocycles. The Labute approximate surface area is 176 Å². The van der Waals surface area contributed by atoms with Crippen LogP contribution in [0.25, 0.3) is 0 Å². The highest BCUT2D eigenvalue weighted by Gasteiger charge is 2.27. The first-order chi connectivity index (χ1) is 14.5. The Kier molecular flexibility index (Phi) is 8.38. The van der Waals surface area contributed by atoms with Crippen LogP contribution >= 0.6 is 0 Å². The van der Waals surface area contributed by atoms with Crippen molar-refractivity contribution in [3.63, 3.8) is 0 Å². The lowest BCUT2D eigenvalue weighted by molar-refractivity contribution is -0.113. The zero-order valence-electron chi connectivity index (χ0n) is 17.3. The van der Waals surface area contributed by atoms with Crippen molar-refractivity contribution in [3.05, 3.63) is 83.7 Å². The van der Waals surface area contributed by atoms with Gasteiger partial charge in [0.15, 0.2) is 0 Å². The number of nitrogens with one attached hydrogen (secondary N) is 5. The molecule has 7 heteroatoms. The van der Waals surface area contributed by atoms with Gasteiger partial charge in [-0.2, -0.15) is 0 Å². The van der Waals surface area contributed by atoms with E-state index in [4.69, 9.17) is 15.6 Å². The number of anilines is 1. The molecule has 5 N–H and O–H groups in total. The molecule has 0 aliphatic heterocycles. The number of carbonyl (C=O) groups excluding carboxylic acids is 1. The standard InChI is InChI=1S/C23H27N5O2/c1-26-14-17(13-24)20(15-27-2)21(25)23(29)22(16-8-5-4-6-9-16)28-18-10-7-11-19(12-18)30-3/h4-15,22,24-28H,1-3H3/b17-14+,20-15-,24-13?,25-21?. The molecular formula is C23H27N5O2. The molecule has 0 spiro atoms. The molecule has 156 valence electrons. The summed E-state index contributed by atoms with van der Waals surface area (Å²) in [5, 5.41) is 25.2. The number of methoxy groups -OCH3 is 1. The van der Waals surface area contributed by atoms with Gasteiger partial charge in [0.25, 0.3) is 0 Å². The number of hydrogen-bond donors (Lipinski definition) is 5. The van der Waals surface area contributed by atoms with Crippen LogP contribution in [0.4, 0.5) is 5.69 Å². The summed E-state index contributed by atoms with van der Waals surface area (Å²) >= 11 is 0. The number of hydrogen-bond acceptors (Lipinski definition) is 7. The van der Waals surface area contributed by atoms with Crippen LogP contribution in [0.2, 0.25) is 0 Å². The topological polar surface area (TPSA) is 110 Å². The predicted octanol–water partition coefficient (Wildman–Crippen LogP) is 3.29. The molecule has 0 aliphatic carbocycles. The molecule has 2 aromatic rings. The van der Waals surface area contributed by atoms with E-state index in [0.29, 0.717) is 22.6 Å². The van der Waals surface area contributed by atoms with Crippen LogP contribution in [0.3, 0.4) is 0 Å². The molecule has 0 aromatic heterocycles. The summed E-state index contributed by atoms with van der Waals surface area (Å²) in [4.78, 5) is 13.4. The summed E-state index contributed by atoms with van der Waals surface area (Å²) in [5.41, 5.74) is 1.95. The van der Waals surface area contributed by atoms with Crippen LogP contribution in [0.1, 0.15) is 11.6 Å². The first-order valence-electron chi connectivity index (χ1n) is 9.40. The van der Waals surface area contributed by atoms with Crippen molar-refractivity contribution in [2.24, 2.45) is 0 Å². The molecular weight excluding hydrogens is 378 g/mol. The number of allylic oxidation sites excluding steroid dienone is 2. The molecule has 0 fully saturated rings. The van der Waals surface area contributed by atoms with Crippen LogP contribution in [0.15, 0.2) is 78.1 Å². The van der Waals surface area contributed by atoms with Gasteiger partial charge >= 0.3 is 0 Å². The van der Waals surface area contributed by atoms with E-state index in [1.807, 2.05) is 48.5 Å². The lowest BCUT2D eigenvalue weighted by atomic mass is 9.93. The molecule has 1 unspecified atom stereocenters. The fraction of sp³-hybridized carbons (Fsp3) is 0.174. The summed E-state index contributed by atoms with van der Waals surface area (Å²) in [5.74, 6) is 0.238. The molecule has 0 radical (unpaired) electrons. The van der Waals surface area contributed by atoms with E-state index in [0.717, 1.165) is 11.8 Å². The highest BCUT2D eigenvalue weighted by molar-refractivity contribution is 6.48. The van der Waals surface area contributed by atoms with E-state index in [-0.39, 0.29) is 5.71 Å². The van der Waals surface area contributed by atoms with Crippen molar-refractivity contribution < 1.29 is 9.53 Å². The van der Waals surface area contributed by atoms with Gasteiger partial charge in [0, 0.05) is 55.6 Å². The average molecular weight is 406 g/mol. The highest BCUT2D eigenvalue weighted by Crippen LogP contribution is 2.25. The second-order valence-electron chi connectivity index (χ2n) is 6.34. The van der Waals surface area contributed by atoms with Gasteiger partial charge in [-0.25, -0.2) is 0 Å². The van der Waals surface area contributed by atoms with Gasteiger partial charge in [0.05, 0.1) is 7.11 Å². The summed E-state index contributed by atoms with van der Waals surface area (Å²) in [6.07, 6.45) is 4.22.